The zero-order valence-electron chi connectivity index (χ0n) is 8.89. The van der Waals surface area contributed by atoms with Crippen molar-refractivity contribution in [2.24, 2.45) is 0 Å². The highest BCUT2D eigenvalue weighted by molar-refractivity contribution is 6.30. The van der Waals surface area contributed by atoms with Crippen molar-refractivity contribution >= 4 is 17.6 Å². The zero-order chi connectivity index (χ0) is 12.3. The lowest BCUT2D eigenvalue weighted by Gasteiger charge is -1.96. The third-order valence-corrected chi connectivity index (χ3v) is 2.45. The molecule has 0 aliphatic rings. The molecule has 4 nitrogen and oxygen atoms in total. The second kappa shape index (κ2) is 5.01. The molecule has 1 aromatic carbocycles. The second-order valence-electron chi connectivity index (χ2n) is 3.61. The van der Waals surface area contributed by atoms with E-state index in [9.17, 15) is 4.79 Å². The van der Waals surface area contributed by atoms with E-state index in [1.165, 1.54) is 6.26 Å². The minimum Gasteiger partial charge on any atom is -0.481 e. The van der Waals surface area contributed by atoms with Gasteiger partial charge in [-0.1, -0.05) is 23.7 Å². The Morgan fingerprint density at radius 3 is 2.71 bits per heavy atom. The number of rotatable bonds is 4. The molecule has 0 amide bonds. The van der Waals surface area contributed by atoms with Crippen LogP contribution in [0.4, 0.5) is 0 Å². The number of oxazole rings is 1. The average Bonchev–Trinajstić information content (AvgIpc) is 2.68. The molecule has 0 saturated carbocycles. The van der Waals surface area contributed by atoms with Crippen molar-refractivity contribution in [2.45, 2.75) is 12.8 Å². The molecule has 5 heteroatoms. The van der Waals surface area contributed by atoms with Gasteiger partial charge in [0.1, 0.15) is 6.26 Å². The molecule has 0 aliphatic carbocycles. The fraction of sp³-hybridized carbons (Fsp3) is 0.167. The van der Waals surface area contributed by atoms with Crippen LogP contribution in [0, 0.1) is 0 Å². The van der Waals surface area contributed by atoms with Gasteiger partial charge in [-0.05, 0) is 17.7 Å². The summed E-state index contributed by atoms with van der Waals surface area (Å²) in [7, 11) is 0. The molecule has 2 rings (SSSR count). The maximum absolute atomic E-state index is 10.5. The quantitative estimate of drug-likeness (QED) is 0.907. The number of nitrogens with zero attached hydrogens (tertiary/aromatic N) is 1. The monoisotopic (exact) mass is 251 g/mol. The van der Waals surface area contributed by atoms with Gasteiger partial charge >= 0.3 is 5.97 Å². The highest BCUT2D eigenvalue weighted by atomic mass is 35.5. The first-order chi connectivity index (χ1) is 8.13. The van der Waals surface area contributed by atoms with Crippen LogP contribution in [-0.2, 0) is 17.6 Å². The summed E-state index contributed by atoms with van der Waals surface area (Å²) in [6, 6.07) is 7.34. The Labute approximate surface area is 103 Å². The van der Waals surface area contributed by atoms with E-state index in [0.717, 1.165) is 5.56 Å². The third kappa shape index (κ3) is 3.32. The largest absolute Gasteiger partial charge is 0.481 e. The van der Waals surface area contributed by atoms with E-state index in [1.54, 1.807) is 12.1 Å². The van der Waals surface area contributed by atoms with E-state index in [0.29, 0.717) is 23.0 Å². The SMILES string of the molecule is O=C(O)Cc1coc(Cc2ccc(Cl)cc2)n1. The molecule has 1 N–H and O–H groups in total. The van der Waals surface area contributed by atoms with Crippen LogP contribution in [0.2, 0.25) is 5.02 Å². The van der Waals surface area contributed by atoms with Crippen LogP contribution in [0.3, 0.4) is 0 Å². The van der Waals surface area contributed by atoms with Crippen molar-refractivity contribution < 1.29 is 14.3 Å². The van der Waals surface area contributed by atoms with Gasteiger partial charge in [-0.25, -0.2) is 4.98 Å². The fourth-order valence-electron chi connectivity index (χ4n) is 1.44. The molecule has 1 aromatic heterocycles. The number of halogens is 1. The van der Waals surface area contributed by atoms with Crippen molar-refractivity contribution in [1.82, 2.24) is 4.98 Å². The third-order valence-electron chi connectivity index (χ3n) is 2.20. The van der Waals surface area contributed by atoms with E-state index < -0.39 is 5.97 Å². The van der Waals surface area contributed by atoms with E-state index in [-0.39, 0.29) is 6.42 Å². The maximum atomic E-state index is 10.5. The minimum atomic E-state index is -0.920. The minimum absolute atomic E-state index is 0.121. The summed E-state index contributed by atoms with van der Waals surface area (Å²) in [5, 5.41) is 9.27. The molecule has 0 radical (unpaired) electrons. The fourth-order valence-corrected chi connectivity index (χ4v) is 1.57. The molecule has 0 fully saturated rings. The van der Waals surface area contributed by atoms with Crippen LogP contribution in [0.25, 0.3) is 0 Å². The Balaban J connectivity index is 2.06. The summed E-state index contributed by atoms with van der Waals surface area (Å²) in [6.45, 7) is 0. The molecular weight excluding hydrogens is 242 g/mol. The van der Waals surface area contributed by atoms with Gasteiger partial charge in [0.25, 0.3) is 0 Å². The van der Waals surface area contributed by atoms with Gasteiger partial charge in [0.05, 0.1) is 12.1 Å². The lowest BCUT2D eigenvalue weighted by atomic mass is 10.1. The maximum Gasteiger partial charge on any atom is 0.309 e. The van der Waals surface area contributed by atoms with Crippen molar-refractivity contribution in [3.8, 4) is 0 Å². The van der Waals surface area contributed by atoms with Crippen molar-refractivity contribution in [3.05, 3.63) is 52.7 Å². The van der Waals surface area contributed by atoms with Crippen molar-refractivity contribution in [1.29, 1.82) is 0 Å². The number of benzene rings is 1. The van der Waals surface area contributed by atoms with Crippen LogP contribution >= 0.6 is 11.6 Å². The molecule has 1 heterocycles. The van der Waals surface area contributed by atoms with Gasteiger partial charge in [0.2, 0.25) is 0 Å². The highest BCUT2D eigenvalue weighted by Gasteiger charge is 2.08. The smallest absolute Gasteiger partial charge is 0.309 e. The Hall–Kier alpha value is -1.81. The molecule has 0 spiro atoms. The Morgan fingerprint density at radius 1 is 1.35 bits per heavy atom. The van der Waals surface area contributed by atoms with Crippen LogP contribution in [0.1, 0.15) is 17.1 Å². The van der Waals surface area contributed by atoms with E-state index in [4.69, 9.17) is 21.1 Å². The number of aliphatic carboxylic acids is 1. The molecule has 0 saturated heterocycles. The Bertz CT molecular complexity index is 519. The lowest BCUT2D eigenvalue weighted by Crippen LogP contribution is -2.00. The predicted molar refractivity (Wildman–Crippen MR) is 62.1 cm³/mol. The zero-order valence-corrected chi connectivity index (χ0v) is 9.65. The van der Waals surface area contributed by atoms with Crippen LogP contribution in [0.15, 0.2) is 34.9 Å². The molecular formula is C12H10ClNO3. The predicted octanol–water partition coefficient (Wildman–Crippen LogP) is 2.55. The van der Waals surface area contributed by atoms with Crippen LogP contribution < -0.4 is 0 Å². The molecule has 0 aliphatic heterocycles. The van der Waals surface area contributed by atoms with Gasteiger partial charge < -0.3 is 9.52 Å². The first-order valence-electron chi connectivity index (χ1n) is 5.03. The molecule has 0 atom stereocenters. The van der Waals surface area contributed by atoms with Gasteiger partial charge in [0.15, 0.2) is 5.89 Å². The van der Waals surface area contributed by atoms with Gasteiger partial charge in [-0.3, -0.25) is 4.79 Å². The first kappa shape index (κ1) is 11.7. The number of carboxylic acids is 1. The standard InChI is InChI=1S/C12H10ClNO3/c13-9-3-1-8(2-4-9)5-11-14-10(7-17-11)6-12(15)16/h1-4,7H,5-6H2,(H,15,16). The molecule has 17 heavy (non-hydrogen) atoms. The summed E-state index contributed by atoms with van der Waals surface area (Å²) in [5.41, 5.74) is 1.44. The first-order valence-corrected chi connectivity index (χ1v) is 5.41. The van der Waals surface area contributed by atoms with Crippen LogP contribution in [-0.4, -0.2) is 16.1 Å². The molecule has 2 aromatic rings. The van der Waals surface area contributed by atoms with Gasteiger partial charge in [0, 0.05) is 11.4 Å². The van der Waals surface area contributed by atoms with E-state index in [1.807, 2.05) is 12.1 Å². The van der Waals surface area contributed by atoms with Crippen molar-refractivity contribution in [2.75, 3.05) is 0 Å². The molecule has 0 bridgehead atoms. The summed E-state index contributed by atoms with van der Waals surface area (Å²) in [6.07, 6.45) is 1.78. The van der Waals surface area contributed by atoms with E-state index >= 15 is 0 Å². The number of carboxylic acid groups (broad SMARTS) is 1. The Morgan fingerprint density at radius 2 is 2.06 bits per heavy atom. The lowest BCUT2D eigenvalue weighted by molar-refractivity contribution is -0.136. The second-order valence-corrected chi connectivity index (χ2v) is 4.04. The summed E-state index contributed by atoms with van der Waals surface area (Å²) in [5.74, 6) is -0.417. The number of hydrogen-bond donors (Lipinski definition) is 1. The number of carbonyl (C=O) groups is 1. The van der Waals surface area contributed by atoms with Crippen molar-refractivity contribution in [3.63, 3.8) is 0 Å². The number of hydrogen-bond acceptors (Lipinski definition) is 3. The topological polar surface area (TPSA) is 63.3 Å². The number of aromatic nitrogens is 1. The summed E-state index contributed by atoms with van der Waals surface area (Å²) >= 11 is 5.77. The molecule has 0 unspecified atom stereocenters. The van der Waals surface area contributed by atoms with Crippen LogP contribution in [0.5, 0.6) is 0 Å². The highest BCUT2D eigenvalue weighted by Crippen LogP contribution is 2.13. The average molecular weight is 252 g/mol. The van der Waals surface area contributed by atoms with Gasteiger partial charge in [-0.15, -0.1) is 0 Å². The Kier molecular flexibility index (Phi) is 3.44. The summed E-state index contributed by atoms with van der Waals surface area (Å²) < 4.78 is 5.19. The summed E-state index contributed by atoms with van der Waals surface area (Å²) in [4.78, 5) is 14.6. The molecule has 88 valence electrons. The normalized spacial score (nSPS) is 10.4. The van der Waals surface area contributed by atoms with E-state index in [2.05, 4.69) is 4.98 Å². The van der Waals surface area contributed by atoms with Gasteiger partial charge in [-0.2, -0.15) is 0 Å².